The van der Waals surface area contributed by atoms with Gasteiger partial charge in [-0.1, -0.05) is 31.2 Å². The second kappa shape index (κ2) is 9.66. The maximum Gasteiger partial charge on any atom is 0.261 e. The van der Waals surface area contributed by atoms with E-state index in [1.54, 1.807) is 25.1 Å². The Kier molecular flexibility index (Phi) is 7.28. The lowest BCUT2D eigenvalue weighted by Gasteiger charge is -2.30. The number of nitrogens with zero attached hydrogens (tertiary/aromatic N) is 1. The van der Waals surface area contributed by atoms with E-state index in [-0.39, 0.29) is 18.2 Å². The fourth-order valence-electron chi connectivity index (χ4n) is 2.66. The molecule has 2 amide bonds. The molecule has 0 heterocycles. The number of benzene rings is 2. The maximum atomic E-state index is 13.7. The van der Waals surface area contributed by atoms with Crippen molar-refractivity contribution in [1.82, 2.24) is 10.2 Å². The lowest BCUT2D eigenvalue weighted by Crippen LogP contribution is -2.49. The molecule has 0 saturated carbocycles. The van der Waals surface area contributed by atoms with E-state index in [2.05, 4.69) is 5.32 Å². The molecule has 0 unspecified atom stereocenters. The van der Waals surface area contributed by atoms with Crippen LogP contribution in [-0.2, 0) is 16.1 Å². The van der Waals surface area contributed by atoms with Gasteiger partial charge in [0, 0.05) is 13.6 Å². The van der Waals surface area contributed by atoms with E-state index in [0.29, 0.717) is 12.0 Å². The van der Waals surface area contributed by atoms with Crippen molar-refractivity contribution in [2.45, 2.75) is 25.9 Å². The van der Waals surface area contributed by atoms with Crippen molar-refractivity contribution in [2.24, 2.45) is 0 Å². The Hall–Kier alpha value is -2.96. The van der Waals surface area contributed by atoms with Crippen LogP contribution in [-0.4, -0.2) is 36.4 Å². The zero-order valence-corrected chi connectivity index (χ0v) is 15.2. The number of hydrogen-bond donors (Lipinski definition) is 1. The molecule has 0 aliphatic heterocycles. The average molecular weight is 376 g/mol. The molecule has 0 aromatic heterocycles. The topological polar surface area (TPSA) is 58.6 Å². The Bertz CT molecular complexity index is 781. The van der Waals surface area contributed by atoms with E-state index in [1.807, 2.05) is 0 Å². The quantitative estimate of drug-likeness (QED) is 0.771. The molecular weight excluding hydrogens is 354 g/mol. The fourth-order valence-corrected chi connectivity index (χ4v) is 2.66. The van der Waals surface area contributed by atoms with Crippen molar-refractivity contribution in [1.29, 1.82) is 0 Å². The smallest absolute Gasteiger partial charge is 0.261 e. The molecule has 5 nitrogen and oxygen atoms in total. The van der Waals surface area contributed by atoms with Crippen LogP contribution in [0, 0.1) is 11.6 Å². The van der Waals surface area contributed by atoms with Gasteiger partial charge in [0.1, 0.15) is 11.9 Å². The van der Waals surface area contributed by atoms with Gasteiger partial charge in [-0.15, -0.1) is 0 Å². The molecule has 2 rings (SSSR count). The molecule has 1 N–H and O–H groups in total. The average Bonchev–Trinajstić information content (AvgIpc) is 2.68. The lowest BCUT2D eigenvalue weighted by molar-refractivity contribution is -0.142. The zero-order valence-electron chi connectivity index (χ0n) is 15.2. The first kappa shape index (κ1) is 20.4. The summed E-state index contributed by atoms with van der Waals surface area (Å²) >= 11 is 0. The third-order valence-electron chi connectivity index (χ3n) is 4.09. The van der Waals surface area contributed by atoms with Crippen LogP contribution < -0.4 is 10.1 Å². The third kappa shape index (κ3) is 5.51. The van der Waals surface area contributed by atoms with Crippen molar-refractivity contribution in [2.75, 3.05) is 13.7 Å². The van der Waals surface area contributed by atoms with Gasteiger partial charge in [0.25, 0.3) is 5.91 Å². The summed E-state index contributed by atoms with van der Waals surface area (Å²) in [6, 6.07) is 10.7. The minimum atomic E-state index is -0.725. The number of carbonyl (C=O) groups excluding carboxylic acids is 2. The third-order valence-corrected chi connectivity index (χ3v) is 4.09. The number of halogens is 2. The van der Waals surface area contributed by atoms with E-state index < -0.39 is 30.2 Å². The van der Waals surface area contributed by atoms with Gasteiger partial charge < -0.3 is 15.0 Å². The molecule has 0 aliphatic rings. The monoisotopic (exact) mass is 376 g/mol. The van der Waals surface area contributed by atoms with Crippen LogP contribution in [0.15, 0.2) is 48.5 Å². The zero-order chi connectivity index (χ0) is 19.8. The first-order chi connectivity index (χ1) is 13.0. The van der Waals surface area contributed by atoms with Crippen LogP contribution in [0.2, 0.25) is 0 Å². The highest BCUT2D eigenvalue weighted by Gasteiger charge is 2.28. The van der Waals surface area contributed by atoms with Crippen LogP contribution in [0.1, 0.15) is 18.9 Å². The highest BCUT2D eigenvalue weighted by Crippen LogP contribution is 2.17. The first-order valence-electron chi connectivity index (χ1n) is 8.59. The molecule has 0 bridgehead atoms. The van der Waals surface area contributed by atoms with Gasteiger partial charge in [-0.25, -0.2) is 8.78 Å². The molecule has 7 heteroatoms. The molecule has 0 radical (unpaired) electrons. The molecule has 0 saturated heterocycles. The highest BCUT2D eigenvalue weighted by atomic mass is 19.1. The number of nitrogens with one attached hydrogen (secondary N) is 1. The van der Waals surface area contributed by atoms with Crippen LogP contribution in [0.3, 0.4) is 0 Å². The molecular formula is C20H22F2N2O3. The second-order valence-electron chi connectivity index (χ2n) is 5.91. The summed E-state index contributed by atoms with van der Waals surface area (Å²) in [5, 5.41) is 2.54. The van der Waals surface area contributed by atoms with Crippen molar-refractivity contribution in [3.05, 3.63) is 65.7 Å². The molecule has 0 fully saturated rings. The van der Waals surface area contributed by atoms with E-state index in [4.69, 9.17) is 4.74 Å². The summed E-state index contributed by atoms with van der Waals surface area (Å²) in [6.07, 6.45) is 0.381. The second-order valence-corrected chi connectivity index (χ2v) is 5.91. The molecule has 2 aromatic rings. The molecule has 0 aliphatic carbocycles. The van der Waals surface area contributed by atoms with Gasteiger partial charge in [0.2, 0.25) is 5.91 Å². The predicted molar refractivity (Wildman–Crippen MR) is 97.0 cm³/mol. The van der Waals surface area contributed by atoms with Crippen molar-refractivity contribution < 1.29 is 23.1 Å². The SMILES string of the molecule is CC[C@H](C(=O)NC)N(Cc1ccc(F)cc1)C(=O)COc1ccccc1F. The van der Waals surface area contributed by atoms with Crippen LogP contribution in [0.5, 0.6) is 5.75 Å². The fraction of sp³-hybridized carbons (Fsp3) is 0.300. The number of para-hydroxylation sites is 1. The standard InChI is InChI=1S/C20H22F2N2O3/c1-3-17(20(26)23-2)24(12-14-8-10-15(21)11-9-14)19(25)13-27-18-7-5-4-6-16(18)22/h4-11,17H,3,12-13H2,1-2H3,(H,23,26)/t17-/m1/s1. The van der Waals surface area contributed by atoms with E-state index in [1.165, 1.54) is 42.3 Å². The Morgan fingerprint density at radius 1 is 1.11 bits per heavy atom. The van der Waals surface area contributed by atoms with Gasteiger partial charge in [-0.05, 0) is 36.2 Å². The molecule has 1 atom stereocenters. The number of ether oxygens (including phenoxy) is 1. The molecule has 2 aromatic carbocycles. The highest BCUT2D eigenvalue weighted by molar-refractivity contribution is 5.88. The Morgan fingerprint density at radius 3 is 2.37 bits per heavy atom. The van der Waals surface area contributed by atoms with Crippen molar-refractivity contribution in [3.63, 3.8) is 0 Å². The maximum absolute atomic E-state index is 13.7. The Morgan fingerprint density at radius 2 is 1.78 bits per heavy atom. The summed E-state index contributed by atoms with van der Waals surface area (Å²) in [6.45, 7) is 1.46. The largest absolute Gasteiger partial charge is 0.481 e. The summed E-state index contributed by atoms with van der Waals surface area (Å²) in [4.78, 5) is 26.3. The van der Waals surface area contributed by atoms with Crippen LogP contribution in [0.4, 0.5) is 8.78 Å². The van der Waals surface area contributed by atoms with E-state index in [0.717, 1.165) is 0 Å². The molecule has 144 valence electrons. The summed E-state index contributed by atoms with van der Waals surface area (Å²) in [7, 11) is 1.49. The van der Waals surface area contributed by atoms with Crippen molar-refractivity contribution >= 4 is 11.8 Å². The number of hydrogen-bond acceptors (Lipinski definition) is 3. The minimum Gasteiger partial charge on any atom is -0.481 e. The van der Waals surface area contributed by atoms with Crippen LogP contribution in [0.25, 0.3) is 0 Å². The minimum absolute atomic E-state index is 0.0411. The summed E-state index contributed by atoms with van der Waals surface area (Å²) in [5.41, 5.74) is 0.665. The Labute approximate surface area is 156 Å². The normalized spacial score (nSPS) is 11.6. The van der Waals surface area contributed by atoms with Gasteiger partial charge in [0.15, 0.2) is 18.2 Å². The van der Waals surface area contributed by atoms with Crippen LogP contribution >= 0.6 is 0 Å². The summed E-state index contributed by atoms with van der Waals surface area (Å²) in [5.74, 6) is -1.80. The predicted octanol–water partition coefficient (Wildman–Crippen LogP) is 2.90. The van der Waals surface area contributed by atoms with Gasteiger partial charge in [0.05, 0.1) is 0 Å². The van der Waals surface area contributed by atoms with Crippen molar-refractivity contribution in [3.8, 4) is 5.75 Å². The van der Waals surface area contributed by atoms with Gasteiger partial charge >= 0.3 is 0 Å². The molecule has 0 spiro atoms. The lowest BCUT2D eigenvalue weighted by atomic mass is 10.1. The van der Waals surface area contributed by atoms with E-state index >= 15 is 0 Å². The number of amides is 2. The Balaban J connectivity index is 2.19. The first-order valence-corrected chi connectivity index (χ1v) is 8.59. The van der Waals surface area contributed by atoms with Gasteiger partial charge in [-0.3, -0.25) is 9.59 Å². The number of likely N-dealkylation sites (N-methyl/N-ethyl adjacent to an activating group) is 1. The van der Waals surface area contributed by atoms with Gasteiger partial charge in [-0.2, -0.15) is 0 Å². The summed E-state index contributed by atoms with van der Waals surface area (Å²) < 4.78 is 32.1. The molecule has 27 heavy (non-hydrogen) atoms. The van der Waals surface area contributed by atoms with E-state index in [9.17, 15) is 18.4 Å². The number of carbonyl (C=O) groups is 2. The number of rotatable bonds is 8.